The fraction of sp³-hybridized carbons (Fsp3) is 0.111. The van der Waals surface area contributed by atoms with Gasteiger partial charge < -0.3 is 21.7 Å². The van der Waals surface area contributed by atoms with E-state index in [1.807, 2.05) is 0 Å². The maximum Gasteiger partial charge on any atom is 0.337 e. The zero-order valence-electron chi connectivity index (χ0n) is 8.43. The topological polar surface area (TPSA) is 127 Å². The Balaban J connectivity index is 0.000000366. The molecule has 1 rings (SSSR count). The van der Waals surface area contributed by atoms with E-state index >= 15 is 0 Å². The number of phenolic OH excluding ortho intramolecular Hbond substituents is 1. The van der Waals surface area contributed by atoms with Crippen LogP contribution in [0.5, 0.6) is 5.75 Å². The molecule has 0 aliphatic heterocycles. The van der Waals surface area contributed by atoms with Crippen LogP contribution in [0.3, 0.4) is 0 Å². The Morgan fingerprint density at radius 1 is 1.29 bits per heavy atom. The number of nitrogens with two attached hydrogens (primary N) is 2. The number of hydrogen-bond acceptors (Lipinski definition) is 4. The molecule has 1 aromatic rings. The second-order valence-corrected chi connectivity index (χ2v) is 3.84. The van der Waals surface area contributed by atoms with E-state index < -0.39 is 16.7 Å². The average molecular weight is 281 g/mol. The van der Waals surface area contributed by atoms with Gasteiger partial charge in [-0.2, -0.15) is 0 Å². The summed E-state index contributed by atoms with van der Waals surface area (Å²) in [5.74, 6) is -2.05. The fourth-order valence-corrected chi connectivity index (χ4v) is 0.740. The number of para-hydroxylation sites is 1. The molecule has 0 aliphatic carbocycles. The quantitative estimate of drug-likeness (QED) is 0.364. The number of amides is 1. The Labute approximate surface area is 107 Å². The second kappa shape index (κ2) is 6.82. The third-order valence-corrected chi connectivity index (χ3v) is 1.96. The number of benzene rings is 1. The van der Waals surface area contributed by atoms with Crippen molar-refractivity contribution in [3.05, 3.63) is 23.8 Å². The zero-order chi connectivity index (χ0) is 13.6. The van der Waals surface area contributed by atoms with Gasteiger partial charge in [0.2, 0.25) is 0 Å². The molecule has 17 heavy (non-hydrogen) atoms. The standard InChI is InChI=1S/C7H7NO3.C2H3Cl2NO/c8-6-4(7(10)11)2-1-3-5(6)9;3-1(4)2(5)6/h1-3,9H,8H2,(H,10,11);1H,(H2,5,6). The molecular weight excluding hydrogens is 271 g/mol. The number of carboxylic acid groups (broad SMARTS) is 1. The van der Waals surface area contributed by atoms with E-state index in [1.165, 1.54) is 18.2 Å². The van der Waals surface area contributed by atoms with Crippen molar-refractivity contribution in [1.82, 2.24) is 0 Å². The summed E-state index contributed by atoms with van der Waals surface area (Å²) < 4.78 is 0. The van der Waals surface area contributed by atoms with Gasteiger partial charge in [0.25, 0.3) is 5.91 Å². The van der Waals surface area contributed by atoms with E-state index in [9.17, 15) is 9.59 Å². The Morgan fingerprint density at radius 2 is 1.76 bits per heavy atom. The molecule has 0 aliphatic rings. The number of halogens is 2. The van der Waals surface area contributed by atoms with Crippen LogP contribution >= 0.6 is 23.2 Å². The number of phenols is 1. The van der Waals surface area contributed by atoms with E-state index in [4.69, 9.17) is 39.1 Å². The lowest BCUT2D eigenvalue weighted by atomic mass is 10.2. The summed E-state index contributed by atoms with van der Waals surface area (Å²) in [5.41, 5.74) is 9.61. The first kappa shape index (κ1) is 15.3. The summed E-state index contributed by atoms with van der Waals surface area (Å²) in [6.07, 6.45) is 0. The van der Waals surface area contributed by atoms with Gasteiger partial charge in [-0.15, -0.1) is 0 Å². The minimum absolute atomic E-state index is 0.0787. The summed E-state index contributed by atoms with van der Waals surface area (Å²) in [7, 11) is 0. The van der Waals surface area contributed by atoms with Crippen molar-refractivity contribution in [1.29, 1.82) is 0 Å². The number of aromatic carboxylic acids is 1. The molecule has 6 nitrogen and oxygen atoms in total. The average Bonchev–Trinajstić information content (AvgIpc) is 2.22. The molecule has 8 heteroatoms. The van der Waals surface area contributed by atoms with Gasteiger partial charge in [0.1, 0.15) is 5.75 Å². The summed E-state index contributed by atoms with van der Waals surface area (Å²) in [4.78, 5) is 19.0. The number of rotatable bonds is 2. The third-order valence-electron chi connectivity index (χ3n) is 1.53. The van der Waals surface area contributed by atoms with Crippen LogP contribution in [-0.2, 0) is 4.79 Å². The van der Waals surface area contributed by atoms with Crippen LogP contribution in [0.1, 0.15) is 10.4 Å². The second-order valence-electron chi connectivity index (χ2n) is 2.75. The number of hydrogen-bond donors (Lipinski definition) is 4. The maximum atomic E-state index is 10.4. The highest BCUT2D eigenvalue weighted by molar-refractivity contribution is 6.53. The van der Waals surface area contributed by atoms with Crippen LogP contribution < -0.4 is 11.5 Å². The van der Waals surface area contributed by atoms with E-state index in [2.05, 4.69) is 5.73 Å². The van der Waals surface area contributed by atoms with Gasteiger partial charge in [0, 0.05) is 0 Å². The molecule has 1 amide bonds. The van der Waals surface area contributed by atoms with Crippen LogP contribution in [-0.4, -0.2) is 26.9 Å². The highest BCUT2D eigenvalue weighted by Crippen LogP contribution is 2.22. The van der Waals surface area contributed by atoms with Crippen LogP contribution in [0.25, 0.3) is 0 Å². The Kier molecular flexibility index (Phi) is 6.16. The molecule has 0 bridgehead atoms. The molecule has 0 saturated heterocycles. The zero-order valence-corrected chi connectivity index (χ0v) is 9.94. The van der Waals surface area contributed by atoms with Crippen molar-refractivity contribution in [3.8, 4) is 5.75 Å². The molecule has 0 aromatic heterocycles. The monoisotopic (exact) mass is 280 g/mol. The summed E-state index contributed by atoms with van der Waals surface area (Å²) in [6.45, 7) is 0. The summed E-state index contributed by atoms with van der Waals surface area (Å²) in [5, 5.41) is 17.5. The number of alkyl halides is 2. The molecule has 0 spiro atoms. The minimum atomic E-state index is -1.14. The molecule has 0 fully saturated rings. The van der Waals surface area contributed by atoms with Gasteiger partial charge in [-0.3, -0.25) is 4.79 Å². The first-order valence-electron chi connectivity index (χ1n) is 4.15. The van der Waals surface area contributed by atoms with Crippen LogP contribution in [0.2, 0.25) is 0 Å². The molecule has 0 heterocycles. The smallest absolute Gasteiger partial charge is 0.337 e. The predicted molar refractivity (Wildman–Crippen MR) is 64.2 cm³/mol. The molecule has 0 unspecified atom stereocenters. The van der Waals surface area contributed by atoms with E-state index in [0.29, 0.717) is 0 Å². The Morgan fingerprint density at radius 3 is 2.06 bits per heavy atom. The predicted octanol–water partition coefficient (Wildman–Crippen LogP) is 0.948. The molecule has 1 aromatic carbocycles. The largest absolute Gasteiger partial charge is 0.506 e. The molecule has 0 atom stereocenters. The summed E-state index contributed by atoms with van der Waals surface area (Å²) in [6, 6.07) is 4.09. The van der Waals surface area contributed by atoms with Crippen molar-refractivity contribution in [2.45, 2.75) is 4.84 Å². The first-order chi connectivity index (χ1) is 7.77. The van der Waals surface area contributed by atoms with E-state index in [-0.39, 0.29) is 17.0 Å². The number of anilines is 1. The van der Waals surface area contributed by atoms with Crippen molar-refractivity contribution < 1.29 is 19.8 Å². The van der Waals surface area contributed by atoms with Crippen LogP contribution in [0, 0.1) is 0 Å². The van der Waals surface area contributed by atoms with Crippen molar-refractivity contribution in [2.75, 3.05) is 5.73 Å². The summed E-state index contributed by atoms with van der Waals surface area (Å²) >= 11 is 9.81. The van der Waals surface area contributed by atoms with Gasteiger partial charge in [-0.1, -0.05) is 29.3 Å². The van der Waals surface area contributed by atoms with E-state index in [1.54, 1.807) is 0 Å². The van der Waals surface area contributed by atoms with Gasteiger partial charge in [-0.05, 0) is 12.1 Å². The first-order valence-corrected chi connectivity index (χ1v) is 5.02. The Hall–Kier alpha value is -1.66. The molecule has 0 saturated carbocycles. The van der Waals surface area contributed by atoms with Gasteiger partial charge in [0.05, 0.1) is 11.3 Å². The van der Waals surface area contributed by atoms with E-state index in [0.717, 1.165) is 0 Å². The molecule has 0 radical (unpaired) electrons. The molecule has 94 valence electrons. The van der Waals surface area contributed by atoms with Crippen molar-refractivity contribution in [2.24, 2.45) is 5.73 Å². The lowest BCUT2D eigenvalue weighted by Crippen LogP contribution is -2.17. The maximum absolute atomic E-state index is 10.4. The highest BCUT2D eigenvalue weighted by atomic mass is 35.5. The van der Waals surface area contributed by atoms with Crippen LogP contribution in [0.15, 0.2) is 18.2 Å². The third kappa shape index (κ3) is 5.28. The van der Waals surface area contributed by atoms with Gasteiger partial charge in [-0.25, -0.2) is 4.79 Å². The number of primary amides is 1. The van der Waals surface area contributed by atoms with Gasteiger partial charge >= 0.3 is 5.97 Å². The molecule has 6 N–H and O–H groups in total. The lowest BCUT2D eigenvalue weighted by Gasteiger charge is -2.00. The molecular formula is C9H10Cl2N2O4. The van der Waals surface area contributed by atoms with Crippen LogP contribution in [0.4, 0.5) is 5.69 Å². The van der Waals surface area contributed by atoms with Gasteiger partial charge in [0.15, 0.2) is 4.84 Å². The fourth-order valence-electron chi connectivity index (χ4n) is 0.740. The number of carboxylic acids is 1. The lowest BCUT2D eigenvalue weighted by molar-refractivity contribution is -0.116. The highest BCUT2D eigenvalue weighted by Gasteiger charge is 2.09. The SMILES string of the molecule is NC(=O)C(Cl)Cl.Nc1c(O)cccc1C(=O)O. The van der Waals surface area contributed by atoms with Crippen molar-refractivity contribution in [3.63, 3.8) is 0 Å². The minimum Gasteiger partial charge on any atom is -0.506 e. The number of carbonyl (C=O) groups excluding carboxylic acids is 1. The Bertz CT molecular complexity index is 423. The van der Waals surface area contributed by atoms with Crippen molar-refractivity contribution >= 4 is 40.8 Å². The number of carbonyl (C=O) groups is 2. The number of nitrogen functional groups attached to an aromatic ring is 1. The normalized spacial score (nSPS) is 9.35. The number of aromatic hydroxyl groups is 1.